The Morgan fingerprint density at radius 1 is 1.07 bits per heavy atom. The molecule has 0 aromatic heterocycles. The van der Waals surface area contributed by atoms with Crippen LogP contribution in [0.25, 0.3) is 0 Å². The average Bonchev–Trinajstić information content (AvgIpc) is 2.02. The van der Waals surface area contributed by atoms with E-state index in [0.29, 0.717) is 0 Å². The topological polar surface area (TPSA) is 134 Å². The van der Waals surface area contributed by atoms with Crippen LogP contribution in [0.4, 0.5) is 0 Å². The molecule has 0 radical (unpaired) electrons. The number of nitrogens with zero attached hydrogens (tertiary/aromatic N) is 4. The van der Waals surface area contributed by atoms with Crippen molar-refractivity contribution in [2.45, 2.75) is 25.9 Å². The summed E-state index contributed by atoms with van der Waals surface area (Å²) in [5.74, 6) is 0. The van der Waals surface area contributed by atoms with Crippen LogP contribution in [0.2, 0.25) is 0 Å². The van der Waals surface area contributed by atoms with Crippen molar-refractivity contribution in [3.05, 3.63) is 20.2 Å². The van der Waals surface area contributed by atoms with E-state index in [-0.39, 0.29) is 0 Å². The number of hydrogen-bond acceptors (Lipinski definition) is 6. The first-order valence-electron chi connectivity index (χ1n) is 3.85. The Labute approximate surface area is 85.0 Å². The fourth-order valence-corrected chi connectivity index (χ4v) is 1.12. The zero-order valence-corrected chi connectivity index (χ0v) is 8.08. The molecule has 0 aromatic rings. The minimum atomic E-state index is -1.78. The van der Waals surface area contributed by atoms with Crippen LogP contribution < -0.4 is 0 Å². The second kappa shape index (κ2) is 4.33. The summed E-state index contributed by atoms with van der Waals surface area (Å²) < 4.78 is 0. The highest BCUT2D eigenvalue weighted by molar-refractivity contribution is 5.05. The van der Waals surface area contributed by atoms with Crippen LogP contribution in [0.15, 0.2) is 0 Å². The SMILES string of the molecule is CC(C)(C(C#N)[N+](=O)[O-])C(C#N)[N+](=O)[O-]. The third-order valence-electron chi connectivity index (χ3n) is 2.08. The lowest BCUT2D eigenvalue weighted by molar-refractivity contribution is -0.570. The Kier molecular flexibility index (Phi) is 3.69. The molecule has 0 saturated heterocycles. The predicted molar refractivity (Wildman–Crippen MR) is 46.6 cm³/mol. The molecule has 2 atom stereocenters. The lowest BCUT2D eigenvalue weighted by atomic mass is 9.79. The Hall–Kier alpha value is -2.22. The smallest absolute Gasteiger partial charge is 0.263 e. The summed E-state index contributed by atoms with van der Waals surface area (Å²) in [6.07, 6.45) is 0. The van der Waals surface area contributed by atoms with E-state index in [4.69, 9.17) is 10.5 Å². The molecule has 0 aliphatic rings. The second-order valence-electron chi connectivity index (χ2n) is 3.46. The van der Waals surface area contributed by atoms with Gasteiger partial charge < -0.3 is 0 Å². The van der Waals surface area contributed by atoms with Gasteiger partial charge in [0.15, 0.2) is 0 Å². The lowest BCUT2D eigenvalue weighted by Crippen LogP contribution is -2.46. The number of nitriles is 2. The van der Waals surface area contributed by atoms with Crippen molar-refractivity contribution in [3.8, 4) is 12.1 Å². The summed E-state index contributed by atoms with van der Waals surface area (Å²) in [6.45, 7) is 2.31. The molecule has 0 bridgehead atoms. The molecule has 0 N–H and O–H groups in total. The Bertz CT molecular complexity index is 330. The van der Waals surface area contributed by atoms with E-state index >= 15 is 0 Å². The molecule has 0 saturated carbocycles. The number of nitro groups is 2. The quantitative estimate of drug-likeness (QED) is 0.487. The average molecular weight is 212 g/mol. The van der Waals surface area contributed by atoms with Gasteiger partial charge in [-0.25, -0.2) is 0 Å². The predicted octanol–water partition coefficient (Wildman–Crippen LogP) is 0.350. The first kappa shape index (κ1) is 12.8. The minimum absolute atomic E-state index is 0.923. The molecule has 0 spiro atoms. The monoisotopic (exact) mass is 212 g/mol. The summed E-state index contributed by atoms with van der Waals surface area (Å²) >= 11 is 0. The van der Waals surface area contributed by atoms with Crippen molar-refractivity contribution in [2.75, 3.05) is 0 Å². The molecule has 2 unspecified atom stereocenters. The van der Waals surface area contributed by atoms with Crippen molar-refractivity contribution in [1.82, 2.24) is 0 Å². The summed E-state index contributed by atoms with van der Waals surface area (Å²) in [5, 5.41) is 38.0. The van der Waals surface area contributed by atoms with Gasteiger partial charge in [-0.05, 0) is 13.8 Å². The maximum atomic E-state index is 10.5. The minimum Gasteiger partial charge on any atom is -0.263 e. The summed E-state index contributed by atoms with van der Waals surface area (Å²) in [5.41, 5.74) is -1.64. The summed E-state index contributed by atoms with van der Waals surface area (Å²) in [4.78, 5) is 19.1. The van der Waals surface area contributed by atoms with Crippen molar-refractivity contribution in [3.63, 3.8) is 0 Å². The van der Waals surface area contributed by atoms with E-state index in [9.17, 15) is 20.2 Å². The lowest BCUT2D eigenvalue weighted by Gasteiger charge is -2.22. The Balaban J connectivity index is 5.29. The van der Waals surface area contributed by atoms with Gasteiger partial charge in [0.05, 0.1) is 0 Å². The standard InChI is InChI=1S/C7H8N4O4/c1-7(2,5(3-8)10(12)13)6(4-9)11(14)15/h5-6H,1-2H3. The maximum absolute atomic E-state index is 10.5. The fourth-order valence-electron chi connectivity index (χ4n) is 1.12. The Morgan fingerprint density at radius 2 is 1.33 bits per heavy atom. The molecule has 0 aromatic carbocycles. The van der Waals surface area contributed by atoms with Crippen LogP contribution in [0.1, 0.15) is 13.8 Å². The van der Waals surface area contributed by atoms with E-state index in [1.165, 1.54) is 12.1 Å². The van der Waals surface area contributed by atoms with Gasteiger partial charge in [0.2, 0.25) is 0 Å². The van der Waals surface area contributed by atoms with Gasteiger partial charge in [0, 0.05) is 9.85 Å². The normalized spacial score (nSPS) is 14.4. The van der Waals surface area contributed by atoms with E-state index in [0.717, 1.165) is 13.8 Å². The molecule has 0 aliphatic heterocycles. The molecule has 0 heterocycles. The molecule has 0 aliphatic carbocycles. The molecule has 0 rings (SSSR count). The highest BCUT2D eigenvalue weighted by Gasteiger charge is 2.52. The van der Waals surface area contributed by atoms with Crippen LogP contribution in [-0.2, 0) is 0 Å². The van der Waals surface area contributed by atoms with Crippen molar-refractivity contribution in [2.24, 2.45) is 5.41 Å². The van der Waals surface area contributed by atoms with Gasteiger partial charge in [0.1, 0.15) is 17.6 Å². The summed E-state index contributed by atoms with van der Waals surface area (Å²) in [6, 6.07) is -0.856. The first-order chi connectivity index (χ1) is 6.78. The van der Waals surface area contributed by atoms with Crippen LogP contribution in [0.3, 0.4) is 0 Å². The number of hydrogen-bond donors (Lipinski definition) is 0. The molecular weight excluding hydrogens is 204 g/mol. The zero-order valence-electron chi connectivity index (χ0n) is 8.08. The zero-order chi connectivity index (χ0) is 12.2. The van der Waals surface area contributed by atoms with Crippen LogP contribution in [0, 0.1) is 48.3 Å². The van der Waals surface area contributed by atoms with Gasteiger partial charge >= 0.3 is 12.1 Å². The molecule has 0 amide bonds. The van der Waals surface area contributed by atoms with Crippen LogP contribution in [0.5, 0.6) is 0 Å². The van der Waals surface area contributed by atoms with Gasteiger partial charge in [-0.3, -0.25) is 20.2 Å². The largest absolute Gasteiger partial charge is 0.309 e. The van der Waals surface area contributed by atoms with Crippen molar-refractivity contribution >= 4 is 0 Å². The van der Waals surface area contributed by atoms with E-state index < -0.39 is 27.3 Å². The molecule has 8 nitrogen and oxygen atoms in total. The van der Waals surface area contributed by atoms with E-state index in [2.05, 4.69) is 0 Å². The van der Waals surface area contributed by atoms with Crippen LogP contribution in [-0.4, -0.2) is 21.9 Å². The maximum Gasteiger partial charge on any atom is 0.309 e. The first-order valence-corrected chi connectivity index (χ1v) is 3.85. The van der Waals surface area contributed by atoms with Gasteiger partial charge in [0.25, 0.3) is 0 Å². The van der Waals surface area contributed by atoms with Gasteiger partial charge in [-0.2, -0.15) is 10.5 Å². The molecular formula is C7H8N4O4. The molecule has 80 valence electrons. The third kappa shape index (κ3) is 2.38. The molecule has 0 fully saturated rings. The summed E-state index contributed by atoms with van der Waals surface area (Å²) in [7, 11) is 0. The Morgan fingerprint density at radius 3 is 1.47 bits per heavy atom. The molecule has 15 heavy (non-hydrogen) atoms. The van der Waals surface area contributed by atoms with Crippen molar-refractivity contribution in [1.29, 1.82) is 10.5 Å². The van der Waals surface area contributed by atoms with Crippen molar-refractivity contribution < 1.29 is 9.85 Å². The number of rotatable bonds is 4. The third-order valence-corrected chi connectivity index (χ3v) is 2.08. The van der Waals surface area contributed by atoms with Crippen LogP contribution >= 0.6 is 0 Å². The molecule has 8 heteroatoms. The fraction of sp³-hybridized carbons (Fsp3) is 0.714. The highest BCUT2D eigenvalue weighted by atomic mass is 16.6. The van der Waals surface area contributed by atoms with Gasteiger partial charge in [-0.1, -0.05) is 0 Å². The highest BCUT2D eigenvalue weighted by Crippen LogP contribution is 2.28. The second-order valence-corrected chi connectivity index (χ2v) is 3.46. The van der Waals surface area contributed by atoms with E-state index in [1.54, 1.807) is 0 Å². The van der Waals surface area contributed by atoms with Gasteiger partial charge in [-0.15, -0.1) is 0 Å². The van der Waals surface area contributed by atoms with E-state index in [1.807, 2.05) is 0 Å².